The summed E-state index contributed by atoms with van der Waals surface area (Å²) in [5.74, 6) is 0.900. The van der Waals surface area contributed by atoms with Gasteiger partial charge in [-0.2, -0.15) is 0 Å². The maximum absolute atomic E-state index is 3.77. The molecule has 0 amide bonds. The summed E-state index contributed by atoms with van der Waals surface area (Å²) in [4.78, 5) is 2.76. The summed E-state index contributed by atoms with van der Waals surface area (Å²) in [6.07, 6.45) is 4.06. The van der Waals surface area contributed by atoms with Crippen molar-refractivity contribution in [3.8, 4) is 0 Å². The Morgan fingerprint density at radius 2 is 2.05 bits per heavy atom. The van der Waals surface area contributed by atoms with Gasteiger partial charge in [-0.05, 0) is 50.2 Å². The highest BCUT2D eigenvalue weighted by Gasteiger charge is 2.47. The molecule has 1 saturated heterocycles. The molecule has 2 atom stereocenters. The van der Waals surface area contributed by atoms with Crippen LogP contribution in [0.1, 0.15) is 44.2 Å². The summed E-state index contributed by atoms with van der Waals surface area (Å²) in [6.45, 7) is 10.5. The Hall–Kier alpha value is -0.860. The summed E-state index contributed by atoms with van der Waals surface area (Å²) < 4.78 is 0. The lowest BCUT2D eigenvalue weighted by Crippen LogP contribution is -2.63. The molecular weight excluding hydrogens is 244 g/mol. The van der Waals surface area contributed by atoms with Crippen molar-refractivity contribution in [3.05, 3.63) is 35.4 Å². The molecule has 1 aliphatic heterocycles. The molecule has 3 rings (SSSR count). The second-order valence-corrected chi connectivity index (χ2v) is 6.92. The molecule has 0 aromatic heterocycles. The summed E-state index contributed by atoms with van der Waals surface area (Å²) >= 11 is 0. The van der Waals surface area contributed by atoms with Crippen molar-refractivity contribution in [1.29, 1.82) is 0 Å². The minimum Gasteiger partial charge on any atom is -0.311 e. The molecule has 1 saturated carbocycles. The third-order valence-electron chi connectivity index (χ3n) is 5.48. The van der Waals surface area contributed by atoms with Gasteiger partial charge in [0.05, 0.1) is 0 Å². The fourth-order valence-electron chi connectivity index (χ4n) is 3.62. The van der Waals surface area contributed by atoms with Crippen LogP contribution in [-0.2, 0) is 6.54 Å². The second-order valence-electron chi connectivity index (χ2n) is 6.92. The number of benzene rings is 1. The highest BCUT2D eigenvalue weighted by molar-refractivity contribution is 5.26. The smallest absolute Gasteiger partial charge is 0.0338 e. The lowest BCUT2D eigenvalue weighted by molar-refractivity contribution is 0.0269. The topological polar surface area (TPSA) is 15.3 Å². The maximum Gasteiger partial charge on any atom is 0.0338 e. The molecule has 110 valence electrons. The number of nitrogens with one attached hydrogen (secondary N) is 1. The Labute approximate surface area is 123 Å². The number of aryl methyl sites for hydroxylation is 1. The summed E-state index contributed by atoms with van der Waals surface area (Å²) in [5, 5.41) is 3.77. The fourth-order valence-corrected chi connectivity index (χ4v) is 3.62. The highest BCUT2D eigenvalue weighted by atomic mass is 15.3. The van der Waals surface area contributed by atoms with E-state index in [2.05, 4.69) is 55.3 Å². The van der Waals surface area contributed by atoms with Crippen LogP contribution in [0.25, 0.3) is 0 Å². The van der Waals surface area contributed by atoms with E-state index < -0.39 is 0 Å². The van der Waals surface area contributed by atoms with Crippen molar-refractivity contribution in [2.75, 3.05) is 13.1 Å². The van der Waals surface area contributed by atoms with Crippen molar-refractivity contribution >= 4 is 0 Å². The van der Waals surface area contributed by atoms with Gasteiger partial charge in [0, 0.05) is 31.2 Å². The molecule has 2 heteroatoms. The minimum absolute atomic E-state index is 0.355. The number of hydrogen-bond donors (Lipinski definition) is 1. The van der Waals surface area contributed by atoms with E-state index >= 15 is 0 Å². The summed E-state index contributed by atoms with van der Waals surface area (Å²) in [6, 6.07) is 9.52. The fraction of sp³-hybridized carbons (Fsp3) is 0.667. The lowest BCUT2D eigenvalue weighted by atomic mass is 9.88. The standard InChI is InChI=1S/C18H28N2/c1-4-17-12-20(11-15-8-6-5-7-14(15)2)18(3,13-19-17)16-9-10-16/h5-8,16-17,19H,4,9-13H2,1-3H3. The van der Waals surface area contributed by atoms with E-state index in [0.717, 1.165) is 19.0 Å². The SMILES string of the molecule is CCC1CN(Cc2ccccc2C)C(C)(C2CC2)CN1. The largest absolute Gasteiger partial charge is 0.311 e. The Bertz CT molecular complexity index is 466. The average molecular weight is 272 g/mol. The first-order valence-corrected chi connectivity index (χ1v) is 8.16. The predicted octanol–water partition coefficient (Wildman–Crippen LogP) is 3.35. The van der Waals surface area contributed by atoms with E-state index in [1.165, 1.54) is 36.9 Å². The molecule has 2 nitrogen and oxygen atoms in total. The van der Waals surface area contributed by atoms with Crippen LogP contribution in [0.4, 0.5) is 0 Å². The van der Waals surface area contributed by atoms with Gasteiger partial charge in [0.1, 0.15) is 0 Å². The van der Waals surface area contributed by atoms with Gasteiger partial charge >= 0.3 is 0 Å². The average Bonchev–Trinajstić information content (AvgIpc) is 3.28. The van der Waals surface area contributed by atoms with Crippen LogP contribution in [0.2, 0.25) is 0 Å². The Morgan fingerprint density at radius 1 is 1.30 bits per heavy atom. The lowest BCUT2D eigenvalue weighted by Gasteiger charge is -2.49. The number of rotatable bonds is 4. The van der Waals surface area contributed by atoms with Gasteiger partial charge in [-0.1, -0.05) is 31.2 Å². The molecule has 0 radical (unpaired) electrons. The maximum atomic E-state index is 3.77. The zero-order chi connectivity index (χ0) is 14.2. The molecular formula is C18H28N2. The van der Waals surface area contributed by atoms with Crippen molar-refractivity contribution < 1.29 is 0 Å². The molecule has 0 bridgehead atoms. The molecule has 0 spiro atoms. The quantitative estimate of drug-likeness (QED) is 0.904. The monoisotopic (exact) mass is 272 g/mol. The van der Waals surface area contributed by atoms with Crippen molar-refractivity contribution in [2.24, 2.45) is 5.92 Å². The molecule has 1 aromatic carbocycles. The first-order chi connectivity index (χ1) is 9.63. The Balaban J connectivity index is 1.81. The van der Waals surface area contributed by atoms with E-state index in [0.29, 0.717) is 11.6 Å². The van der Waals surface area contributed by atoms with Crippen LogP contribution in [0, 0.1) is 12.8 Å². The number of piperazine rings is 1. The van der Waals surface area contributed by atoms with Crippen LogP contribution in [0.15, 0.2) is 24.3 Å². The third-order valence-corrected chi connectivity index (χ3v) is 5.48. The normalized spacial score (nSPS) is 31.4. The van der Waals surface area contributed by atoms with E-state index in [1.807, 2.05) is 0 Å². The van der Waals surface area contributed by atoms with Crippen LogP contribution in [0.5, 0.6) is 0 Å². The first kappa shape index (κ1) is 14.1. The third kappa shape index (κ3) is 2.64. The van der Waals surface area contributed by atoms with Gasteiger partial charge in [0.2, 0.25) is 0 Å². The summed E-state index contributed by atoms with van der Waals surface area (Å²) in [7, 11) is 0. The number of hydrogen-bond acceptors (Lipinski definition) is 2. The van der Waals surface area contributed by atoms with Gasteiger partial charge in [0.25, 0.3) is 0 Å². The second kappa shape index (κ2) is 5.50. The highest BCUT2D eigenvalue weighted by Crippen LogP contribution is 2.44. The molecule has 20 heavy (non-hydrogen) atoms. The van der Waals surface area contributed by atoms with Gasteiger partial charge in [-0.3, -0.25) is 4.90 Å². The zero-order valence-electron chi connectivity index (χ0n) is 13.2. The molecule has 2 aliphatic rings. The zero-order valence-corrected chi connectivity index (χ0v) is 13.2. The predicted molar refractivity (Wildman–Crippen MR) is 84.8 cm³/mol. The van der Waals surface area contributed by atoms with E-state index in [1.54, 1.807) is 0 Å². The van der Waals surface area contributed by atoms with Crippen LogP contribution in [-0.4, -0.2) is 29.6 Å². The molecule has 1 aromatic rings. The van der Waals surface area contributed by atoms with Crippen molar-refractivity contribution in [3.63, 3.8) is 0 Å². The van der Waals surface area contributed by atoms with E-state index in [-0.39, 0.29) is 0 Å². The van der Waals surface area contributed by atoms with Gasteiger partial charge < -0.3 is 5.32 Å². The summed E-state index contributed by atoms with van der Waals surface area (Å²) in [5.41, 5.74) is 3.28. The Kier molecular flexibility index (Phi) is 3.87. The molecule has 1 aliphatic carbocycles. The minimum atomic E-state index is 0.355. The molecule has 2 unspecified atom stereocenters. The van der Waals surface area contributed by atoms with E-state index in [4.69, 9.17) is 0 Å². The van der Waals surface area contributed by atoms with Crippen LogP contribution >= 0.6 is 0 Å². The van der Waals surface area contributed by atoms with Crippen molar-refractivity contribution in [1.82, 2.24) is 10.2 Å². The van der Waals surface area contributed by atoms with Gasteiger partial charge in [0.15, 0.2) is 0 Å². The van der Waals surface area contributed by atoms with Crippen molar-refractivity contribution in [2.45, 2.75) is 58.2 Å². The van der Waals surface area contributed by atoms with Gasteiger partial charge in [-0.15, -0.1) is 0 Å². The van der Waals surface area contributed by atoms with Gasteiger partial charge in [-0.25, -0.2) is 0 Å². The molecule has 1 heterocycles. The molecule has 1 N–H and O–H groups in total. The van der Waals surface area contributed by atoms with Crippen LogP contribution in [0.3, 0.4) is 0 Å². The van der Waals surface area contributed by atoms with E-state index in [9.17, 15) is 0 Å². The Morgan fingerprint density at radius 3 is 2.70 bits per heavy atom. The van der Waals surface area contributed by atoms with Crippen LogP contribution < -0.4 is 5.32 Å². The first-order valence-electron chi connectivity index (χ1n) is 8.16. The molecule has 2 fully saturated rings. The number of nitrogens with zero attached hydrogens (tertiary/aromatic N) is 1.